The van der Waals surface area contributed by atoms with Crippen LogP contribution in [0.15, 0.2) is 72.8 Å². The first-order valence-electron chi connectivity index (χ1n) is 10.4. The van der Waals surface area contributed by atoms with Crippen molar-refractivity contribution in [1.82, 2.24) is 15.3 Å². The SMILES string of the molecule is O=C(NCc1nc(NCCCc2ccccc2)c2ccccc2n1)c1c(F)cccc1Cl. The molecule has 1 amide bonds. The van der Waals surface area contributed by atoms with Crippen molar-refractivity contribution in [2.75, 3.05) is 11.9 Å². The van der Waals surface area contributed by atoms with Gasteiger partial charge in [-0.05, 0) is 42.7 Å². The standard InChI is InChI=1S/C25H22ClFN4O/c26-19-12-6-13-20(27)23(19)25(32)29-16-22-30-21-14-5-4-11-18(21)24(31-22)28-15-7-10-17-8-2-1-3-9-17/h1-6,8-9,11-14H,7,10,15-16H2,(H,29,32)(H,28,30,31). The van der Waals surface area contributed by atoms with Crippen LogP contribution in [0.4, 0.5) is 10.2 Å². The third-order valence-corrected chi connectivity index (χ3v) is 5.34. The number of carbonyl (C=O) groups excluding carboxylic acids is 1. The van der Waals surface area contributed by atoms with Gasteiger partial charge in [0.05, 0.1) is 22.6 Å². The van der Waals surface area contributed by atoms with Gasteiger partial charge in [0, 0.05) is 11.9 Å². The quantitative estimate of drug-likeness (QED) is 0.354. The molecule has 2 N–H and O–H groups in total. The first-order chi connectivity index (χ1) is 15.6. The number of aryl methyl sites for hydroxylation is 1. The van der Waals surface area contributed by atoms with Crippen LogP contribution in [0.1, 0.15) is 28.2 Å². The minimum Gasteiger partial charge on any atom is -0.369 e. The Morgan fingerprint density at radius 1 is 0.938 bits per heavy atom. The topological polar surface area (TPSA) is 66.9 Å². The number of nitrogens with one attached hydrogen (secondary N) is 2. The molecule has 1 aromatic heterocycles. The molecule has 0 atom stereocenters. The summed E-state index contributed by atoms with van der Waals surface area (Å²) in [7, 11) is 0. The third kappa shape index (κ3) is 5.21. The van der Waals surface area contributed by atoms with E-state index in [2.05, 4.69) is 32.7 Å². The molecule has 0 radical (unpaired) electrons. The normalized spacial score (nSPS) is 10.8. The van der Waals surface area contributed by atoms with E-state index in [0.717, 1.165) is 30.3 Å². The monoisotopic (exact) mass is 448 g/mol. The Labute approximate surface area is 190 Å². The summed E-state index contributed by atoms with van der Waals surface area (Å²) in [6.45, 7) is 0.791. The van der Waals surface area contributed by atoms with Crippen LogP contribution in [0, 0.1) is 5.82 Å². The summed E-state index contributed by atoms with van der Waals surface area (Å²) in [5, 5.41) is 7.01. The molecule has 0 bridgehead atoms. The molecule has 0 aliphatic heterocycles. The fourth-order valence-corrected chi connectivity index (χ4v) is 3.69. The Kier molecular flexibility index (Phi) is 6.92. The van der Waals surface area contributed by atoms with Crippen LogP contribution >= 0.6 is 11.6 Å². The minimum absolute atomic E-state index is 0.0486. The average Bonchev–Trinajstić information content (AvgIpc) is 2.81. The van der Waals surface area contributed by atoms with Gasteiger partial charge in [0.25, 0.3) is 5.91 Å². The smallest absolute Gasteiger partial charge is 0.256 e. The van der Waals surface area contributed by atoms with Gasteiger partial charge in [-0.3, -0.25) is 4.79 Å². The number of hydrogen-bond acceptors (Lipinski definition) is 4. The van der Waals surface area contributed by atoms with Gasteiger partial charge in [0.2, 0.25) is 0 Å². The van der Waals surface area contributed by atoms with Crippen LogP contribution in [0.3, 0.4) is 0 Å². The summed E-state index contributed by atoms with van der Waals surface area (Å²) in [5.41, 5.74) is 1.87. The number of rotatable bonds is 8. The number of hydrogen-bond donors (Lipinski definition) is 2. The number of carbonyl (C=O) groups is 1. The van der Waals surface area contributed by atoms with Crippen molar-refractivity contribution in [3.63, 3.8) is 0 Å². The first kappa shape index (κ1) is 21.7. The summed E-state index contributed by atoms with van der Waals surface area (Å²) in [6, 6.07) is 22.1. The third-order valence-electron chi connectivity index (χ3n) is 5.02. The zero-order chi connectivity index (χ0) is 22.3. The molecule has 0 saturated heterocycles. The zero-order valence-corrected chi connectivity index (χ0v) is 18.1. The molecular weight excluding hydrogens is 427 g/mol. The van der Waals surface area contributed by atoms with Crippen LogP contribution in [0.2, 0.25) is 5.02 Å². The number of aromatic nitrogens is 2. The number of halogens is 2. The summed E-state index contributed by atoms with van der Waals surface area (Å²) >= 11 is 5.98. The van der Waals surface area contributed by atoms with Crippen molar-refractivity contribution in [3.05, 3.63) is 101 Å². The van der Waals surface area contributed by atoms with E-state index >= 15 is 0 Å². The van der Waals surface area contributed by atoms with Crippen molar-refractivity contribution in [2.24, 2.45) is 0 Å². The predicted molar refractivity (Wildman–Crippen MR) is 125 cm³/mol. The van der Waals surface area contributed by atoms with Crippen molar-refractivity contribution < 1.29 is 9.18 Å². The molecule has 4 aromatic rings. The van der Waals surface area contributed by atoms with E-state index in [1.165, 1.54) is 23.8 Å². The fraction of sp³-hybridized carbons (Fsp3) is 0.160. The van der Waals surface area contributed by atoms with E-state index in [0.29, 0.717) is 11.6 Å². The van der Waals surface area contributed by atoms with Crippen LogP contribution in [0.25, 0.3) is 10.9 Å². The number of amides is 1. The van der Waals surface area contributed by atoms with Crippen molar-refractivity contribution >= 4 is 34.2 Å². The second kappa shape index (κ2) is 10.2. The summed E-state index contributed by atoms with van der Waals surface area (Å²) < 4.78 is 14.0. The second-order valence-corrected chi connectivity index (χ2v) is 7.71. The van der Waals surface area contributed by atoms with Crippen LogP contribution < -0.4 is 10.6 Å². The molecule has 5 nitrogen and oxygen atoms in total. The fourth-order valence-electron chi connectivity index (χ4n) is 3.44. The maximum Gasteiger partial charge on any atom is 0.256 e. The lowest BCUT2D eigenvalue weighted by Crippen LogP contribution is -2.25. The Balaban J connectivity index is 1.46. The molecular formula is C25H22ClFN4O. The molecule has 32 heavy (non-hydrogen) atoms. The van der Waals surface area contributed by atoms with Gasteiger partial charge in [-0.15, -0.1) is 0 Å². The molecule has 0 fully saturated rings. The number of nitrogens with zero attached hydrogens (tertiary/aromatic N) is 2. The second-order valence-electron chi connectivity index (χ2n) is 7.30. The molecule has 7 heteroatoms. The minimum atomic E-state index is -0.671. The highest BCUT2D eigenvalue weighted by Gasteiger charge is 2.16. The van der Waals surface area contributed by atoms with E-state index in [-0.39, 0.29) is 17.1 Å². The highest BCUT2D eigenvalue weighted by molar-refractivity contribution is 6.33. The van der Waals surface area contributed by atoms with Crippen molar-refractivity contribution in [2.45, 2.75) is 19.4 Å². The Hall–Kier alpha value is -3.51. The molecule has 162 valence electrons. The van der Waals surface area contributed by atoms with Crippen LogP contribution in [-0.2, 0) is 13.0 Å². The summed E-state index contributed by atoms with van der Waals surface area (Å²) in [4.78, 5) is 21.6. The van der Waals surface area contributed by atoms with Crippen molar-refractivity contribution in [3.8, 4) is 0 Å². The van der Waals surface area contributed by atoms with Gasteiger partial charge < -0.3 is 10.6 Å². The van der Waals surface area contributed by atoms with E-state index in [4.69, 9.17) is 11.6 Å². The molecule has 0 aliphatic carbocycles. The molecule has 3 aromatic carbocycles. The average molecular weight is 449 g/mol. The number of benzene rings is 3. The summed E-state index contributed by atoms with van der Waals surface area (Å²) in [5.74, 6) is -0.149. The number of anilines is 1. The highest BCUT2D eigenvalue weighted by atomic mass is 35.5. The van der Waals surface area contributed by atoms with E-state index in [9.17, 15) is 9.18 Å². The van der Waals surface area contributed by atoms with Gasteiger partial charge >= 0.3 is 0 Å². The maximum atomic E-state index is 14.0. The predicted octanol–water partition coefficient (Wildman–Crippen LogP) is 5.40. The molecule has 4 rings (SSSR count). The molecule has 0 saturated carbocycles. The first-order valence-corrected chi connectivity index (χ1v) is 10.8. The number of para-hydroxylation sites is 1. The van der Waals surface area contributed by atoms with Gasteiger partial charge in [-0.2, -0.15) is 0 Å². The molecule has 0 spiro atoms. The zero-order valence-electron chi connectivity index (χ0n) is 17.3. The lowest BCUT2D eigenvalue weighted by molar-refractivity contribution is 0.0946. The largest absolute Gasteiger partial charge is 0.369 e. The molecule has 1 heterocycles. The van der Waals surface area contributed by atoms with E-state index < -0.39 is 11.7 Å². The lowest BCUT2D eigenvalue weighted by Gasteiger charge is -2.12. The lowest BCUT2D eigenvalue weighted by atomic mass is 10.1. The van der Waals surface area contributed by atoms with E-state index in [1.807, 2.05) is 42.5 Å². The Morgan fingerprint density at radius 3 is 2.53 bits per heavy atom. The van der Waals surface area contributed by atoms with Crippen LogP contribution in [0.5, 0.6) is 0 Å². The Morgan fingerprint density at radius 2 is 1.72 bits per heavy atom. The van der Waals surface area contributed by atoms with Crippen molar-refractivity contribution in [1.29, 1.82) is 0 Å². The molecule has 0 aliphatic rings. The van der Waals surface area contributed by atoms with Gasteiger partial charge in [0.1, 0.15) is 11.6 Å². The molecule has 0 unspecified atom stereocenters. The Bertz CT molecular complexity index is 1210. The summed E-state index contributed by atoms with van der Waals surface area (Å²) in [6.07, 6.45) is 1.91. The van der Waals surface area contributed by atoms with Gasteiger partial charge in [0.15, 0.2) is 5.82 Å². The highest BCUT2D eigenvalue weighted by Crippen LogP contribution is 2.21. The van der Waals surface area contributed by atoms with Gasteiger partial charge in [-0.25, -0.2) is 14.4 Å². The number of fused-ring (bicyclic) bond motifs is 1. The maximum absolute atomic E-state index is 14.0. The van der Waals surface area contributed by atoms with E-state index in [1.54, 1.807) is 0 Å². The van der Waals surface area contributed by atoms with Gasteiger partial charge in [-0.1, -0.05) is 60.1 Å². The van der Waals surface area contributed by atoms with Crippen LogP contribution in [-0.4, -0.2) is 22.4 Å².